The smallest absolute Gasteiger partial charge is 0.330 e. The van der Waals surface area contributed by atoms with Crippen LogP contribution in [0.4, 0.5) is 0 Å². The summed E-state index contributed by atoms with van der Waals surface area (Å²) in [4.78, 5) is 27.8. The van der Waals surface area contributed by atoms with Crippen LogP contribution in [0, 0.1) is 0 Å². The predicted molar refractivity (Wildman–Crippen MR) is 118 cm³/mol. The van der Waals surface area contributed by atoms with Crippen molar-refractivity contribution >= 4 is 11.9 Å². The largest absolute Gasteiger partial charge is 0.504 e. The van der Waals surface area contributed by atoms with Gasteiger partial charge in [0.15, 0.2) is 23.0 Å². The van der Waals surface area contributed by atoms with Crippen LogP contribution in [-0.2, 0) is 6.61 Å². The molecule has 0 spiro atoms. The Morgan fingerprint density at radius 2 is 2.06 bits per heavy atom. The zero-order valence-corrected chi connectivity index (χ0v) is 17.1. The fraction of sp³-hybridized carbons (Fsp3) is 0.0833. The summed E-state index contributed by atoms with van der Waals surface area (Å²) in [6.07, 6.45) is 6.07. The molecule has 4 aromatic rings. The highest BCUT2D eigenvalue weighted by molar-refractivity contribution is 6.07. The number of ether oxygens (including phenoxy) is 1. The van der Waals surface area contributed by atoms with Crippen LogP contribution in [0.5, 0.6) is 11.5 Å². The maximum atomic E-state index is 12.7. The van der Waals surface area contributed by atoms with Gasteiger partial charge in [-0.05, 0) is 48.0 Å². The molecule has 0 radical (unpaired) electrons. The number of hydrogen-bond donors (Lipinski definition) is 3. The van der Waals surface area contributed by atoms with Gasteiger partial charge in [-0.25, -0.2) is 4.79 Å². The number of nitrogens with zero attached hydrogens (tertiary/aromatic N) is 1. The highest BCUT2D eigenvalue weighted by Gasteiger charge is 2.12. The Morgan fingerprint density at radius 3 is 2.78 bits per heavy atom. The van der Waals surface area contributed by atoms with Gasteiger partial charge in [0.05, 0.1) is 25.7 Å². The van der Waals surface area contributed by atoms with E-state index < -0.39 is 0 Å². The van der Waals surface area contributed by atoms with Crippen LogP contribution in [0.1, 0.15) is 21.5 Å². The highest BCUT2D eigenvalue weighted by atomic mass is 16.5. The normalized spacial score (nSPS) is 11.2. The van der Waals surface area contributed by atoms with Crippen molar-refractivity contribution in [2.45, 2.75) is 6.61 Å². The molecule has 32 heavy (non-hydrogen) atoms. The van der Waals surface area contributed by atoms with E-state index in [9.17, 15) is 19.8 Å². The number of nitrogens with one attached hydrogen (secondary N) is 1. The van der Waals surface area contributed by atoms with Crippen LogP contribution in [0.25, 0.3) is 23.2 Å². The number of carbonyl (C=O) groups excluding carboxylic acids is 1. The van der Waals surface area contributed by atoms with E-state index in [-0.39, 0.29) is 35.1 Å². The summed E-state index contributed by atoms with van der Waals surface area (Å²) in [6.45, 7) is -0.370. The van der Waals surface area contributed by atoms with Crippen molar-refractivity contribution in [3.05, 3.63) is 94.2 Å². The minimum absolute atomic E-state index is 0.142. The molecule has 2 heterocycles. The number of carbonyl (C=O) groups is 1. The number of aliphatic hydroxyl groups is 1. The molecule has 162 valence electrons. The van der Waals surface area contributed by atoms with Crippen LogP contribution < -0.4 is 10.4 Å². The lowest BCUT2D eigenvalue weighted by Crippen LogP contribution is -2.14. The molecular weight excluding hydrogens is 412 g/mol. The fourth-order valence-electron chi connectivity index (χ4n) is 3.28. The molecular formula is C24H20N2O6. The Balaban J connectivity index is 1.61. The lowest BCUT2D eigenvalue weighted by atomic mass is 10.1. The quantitative estimate of drug-likeness (QED) is 0.304. The van der Waals surface area contributed by atoms with Gasteiger partial charge in [-0.2, -0.15) is 0 Å². The molecule has 0 aliphatic rings. The first-order valence-corrected chi connectivity index (χ1v) is 9.69. The number of benzene rings is 2. The summed E-state index contributed by atoms with van der Waals surface area (Å²) in [6, 6.07) is 13.3. The number of aromatic nitrogens is 2. The molecule has 0 amide bonds. The number of ketones is 1. The number of imidazole rings is 1. The van der Waals surface area contributed by atoms with E-state index in [4.69, 9.17) is 9.15 Å². The fourth-order valence-corrected chi connectivity index (χ4v) is 3.28. The van der Waals surface area contributed by atoms with E-state index in [0.717, 1.165) is 0 Å². The van der Waals surface area contributed by atoms with Crippen LogP contribution in [-0.4, -0.2) is 32.7 Å². The molecule has 0 atom stereocenters. The first kappa shape index (κ1) is 21.0. The van der Waals surface area contributed by atoms with Crippen LogP contribution >= 0.6 is 0 Å². The summed E-state index contributed by atoms with van der Waals surface area (Å²) in [5, 5.41) is 19.4. The van der Waals surface area contributed by atoms with Crippen molar-refractivity contribution in [3.8, 4) is 28.6 Å². The molecule has 0 saturated carbocycles. The molecule has 2 aromatic carbocycles. The van der Waals surface area contributed by atoms with Gasteiger partial charge in [0.25, 0.3) is 0 Å². The zero-order valence-electron chi connectivity index (χ0n) is 17.1. The third kappa shape index (κ3) is 4.12. The molecule has 0 aliphatic carbocycles. The Labute approximate surface area is 182 Å². The number of hydrogen-bond acceptors (Lipinski definition) is 6. The molecule has 0 fully saturated rings. The topological polar surface area (TPSA) is 118 Å². The minimum atomic E-state index is -0.370. The molecule has 8 heteroatoms. The standard InChI is InChI=1S/C24H20N2O6/c1-31-22-11-15(10-17(14-27)23(22)29)7-8-20(28)16-4-2-5-18(12-16)26-13-19(25-24(26)30)21-6-3-9-32-21/h2-13,27,29H,14H2,1H3,(H,25,30)/b8-7+. The number of H-pyrrole nitrogens is 1. The molecule has 4 rings (SSSR count). The Kier molecular flexibility index (Phi) is 5.78. The monoisotopic (exact) mass is 432 g/mol. The summed E-state index contributed by atoms with van der Waals surface area (Å²) >= 11 is 0. The second-order valence-corrected chi connectivity index (χ2v) is 6.96. The molecule has 0 unspecified atom stereocenters. The van der Waals surface area contributed by atoms with Gasteiger partial charge < -0.3 is 24.4 Å². The highest BCUT2D eigenvalue weighted by Crippen LogP contribution is 2.32. The first-order chi connectivity index (χ1) is 15.5. The number of aromatic hydroxyl groups is 1. The number of allylic oxidation sites excluding steroid dienone is 1. The lowest BCUT2D eigenvalue weighted by molar-refractivity contribution is 0.104. The average Bonchev–Trinajstić information content (AvgIpc) is 3.48. The zero-order chi connectivity index (χ0) is 22.7. The van der Waals surface area contributed by atoms with Gasteiger partial charge in [-0.3, -0.25) is 9.36 Å². The number of aromatic amines is 1. The van der Waals surface area contributed by atoms with E-state index in [0.29, 0.717) is 28.3 Å². The first-order valence-electron chi connectivity index (χ1n) is 9.69. The number of aliphatic hydroxyl groups excluding tert-OH is 1. The number of rotatable bonds is 7. The van der Waals surface area contributed by atoms with Crippen molar-refractivity contribution in [1.29, 1.82) is 0 Å². The van der Waals surface area contributed by atoms with Crippen molar-refractivity contribution in [1.82, 2.24) is 9.55 Å². The second kappa shape index (κ2) is 8.83. The molecule has 3 N–H and O–H groups in total. The number of methoxy groups -OCH3 is 1. The van der Waals surface area contributed by atoms with Crippen molar-refractivity contribution < 1.29 is 24.2 Å². The van der Waals surface area contributed by atoms with Crippen LogP contribution in [0.15, 0.2) is 76.3 Å². The number of phenols is 1. The van der Waals surface area contributed by atoms with Crippen LogP contribution in [0.2, 0.25) is 0 Å². The lowest BCUT2D eigenvalue weighted by Gasteiger charge is -2.08. The maximum absolute atomic E-state index is 12.7. The SMILES string of the molecule is COc1cc(/C=C/C(=O)c2cccc(-n3cc(-c4ccco4)[nH]c3=O)c2)cc(CO)c1O. The average molecular weight is 432 g/mol. The van der Waals surface area contributed by atoms with Gasteiger partial charge in [0.1, 0.15) is 5.69 Å². The number of furan rings is 1. The van der Waals surface area contributed by atoms with E-state index in [1.165, 1.54) is 24.0 Å². The third-order valence-corrected chi connectivity index (χ3v) is 4.91. The molecule has 2 aromatic heterocycles. The van der Waals surface area contributed by atoms with Gasteiger partial charge in [-0.15, -0.1) is 0 Å². The maximum Gasteiger partial charge on any atom is 0.330 e. The second-order valence-electron chi connectivity index (χ2n) is 6.96. The molecule has 0 aliphatic heterocycles. The Bertz CT molecular complexity index is 1320. The van der Waals surface area contributed by atoms with Gasteiger partial charge in [0.2, 0.25) is 0 Å². The molecule has 0 saturated heterocycles. The molecule has 8 nitrogen and oxygen atoms in total. The molecule has 0 bridgehead atoms. The predicted octanol–water partition coefficient (Wildman–Crippen LogP) is 3.53. The van der Waals surface area contributed by atoms with E-state index in [2.05, 4.69) is 4.98 Å². The Hall–Kier alpha value is -4.30. The summed E-state index contributed by atoms with van der Waals surface area (Å²) in [7, 11) is 1.40. The summed E-state index contributed by atoms with van der Waals surface area (Å²) < 4.78 is 11.8. The van der Waals surface area contributed by atoms with E-state index in [1.54, 1.807) is 60.8 Å². The van der Waals surface area contributed by atoms with Gasteiger partial charge >= 0.3 is 5.69 Å². The van der Waals surface area contributed by atoms with E-state index >= 15 is 0 Å². The van der Waals surface area contributed by atoms with Gasteiger partial charge in [0, 0.05) is 17.3 Å². The van der Waals surface area contributed by atoms with E-state index in [1.807, 2.05) is 0 Å². The summed E-state index contributed by atoms with van der Waals surface area (Å²) in [5.41, 5.74) is 1.95. The Morgan fingerprint density at radius 1 is 1.22 bits per heavy atom. The minimum Gasteiger partial charge on any atom is -0.504 e. The third-order valence-electron chi connectivity index (χ3n) is 4.91. The van der Waals surface area contributed by atoms with Crippen molar-refractivity contribution in [2.75, 3.05) is 7.11 Å². The van der Waals surface area contributed by atoms with Crippen molar-refractivity contribution in [3.63, 3.8) is 0 Å². The summed E-state index contributed by atoms with van der Waals surface area (Å²) in [5.74, 6) is 0.309. The van der Waals surface area contributed by atoms with Crippen molar-refractivity contribution in [2.24, 2.45) is 0 Å². The van der Waals surface area contributed by atoms with Gasteiger partial charge in [-0.1, -0.05) is 18.2 Å². The van der Waals surface area contributed by atoms with Crippen LogP contribution in [0.3, 0.4) is 0 Å².